The molecule has 0 atom stereocenters. The highest BCUT2D eigenvalue weighted by molar-refractivity contribution is 7.24. The van der Waals surface area contributed by atoms with Crippen molar-refractivity contribution in [2.45, 2.75) is 27.6 Å². The normalized spacial score (nSPS) is 13.4. The van der Waals surface area contributed by atoms with Crippen LogP contribution in [0.3, 0.4) is 0 Å². The summed E-state index contributed by atoms with van der Waals surface area (Å²) >= 11 is 3.36. The van der Waals surface area contributed by atoms with Gasteiger partial charge in [0.2, 0.25) is 0 Å². The monoisotopic (exact) mass is 763 g/mol. The Balaban J connectivity index is 1.20. The summed E-state index contributed by atoms with van der Waals surface area (Å²) in [5.74, 6) is 0. The molecule has 0 fully saturated rings. The van der Waals surface area contributed by atoms with Gasteiger partial charge in [-0.2, -0.15) is 0 Å². The molecule has 0 aliphatic carbocycles. The van der Waals surface area contributed by atoms with Crippen molar-refractivity contribution in [1.29, 1.82) is 0 Å². The first-order chi connectivity index (χ1) is 28.1. The Hall–Kier alpha value is -5.86. The lowest BCUT2D eigenvalue weighted by atomic mass is 9.95. The van der Waals surface area contributed by atoms with Crippen molar-refractivity contribution in [2.75, 3.05) is 0 Å². The third kappa shape index (κ3) is 4.61. The van der Waals surface area contributed by atoms with E-state index in [-0.39, 0.29) is 5.56 Å². The zero-order chi connectivity index (χ0) is 39.5. The summed E-state index contributed by atoms with van der Waals surface area (Å²) in [4.78, 5) is 11.8. The van der Waals surface area contributed by atoms with E-state index < -0.39 is 14.9 Å². The molecule has 7 aromatic carbocycles. The molecule has 4 aromatic heterocycles. The van der Waals surface area contributed by atoms with E-state index in [1.165, 1.54) is 58.8 Å². The Morgan fingerprint density at radius 3 is 1.84 bits per heavy atom. The van der Waals surface area contributed by atoms with Crippen LogP contribution in [0.15, 0.2) is 146 Å². The minimum Gasteiger partial charge on any atom is -0.283 e. The maximum absolute atomic E-state index is 8.24. The van der Waals surface area contributed by atoms with Crippen molar-refractivity contribution in [3.05, 3.63) is 168 Å². The molecular formula is C48H36N4S2Si. The summed E-state index contributed by atoms with van der Waals surface area (Å²) in [6.07, 6.45) is 0. The van der Waals surface area contributed by atoms with Gasteiger partial charge in [-0.05, 0) is 112 Å². The van der Waals surface area contributed by atoms with Crippen molar-refractivity contribution in [1.82, 2.24) is 18.8 Å². The highest BCUT2D eigenvalue weighted by Gasteiger charge is 2.42. The predicted octanol–water partition coefficient (Wildman–Crippen LogP) is 10.00. The van der Waals surface area contributed by atoms with Crippen molar-refractivity contribution < 1.29 is 4.11 Å². The van der Waals surface area contributed by atoms with Crippen LogP contribution < -0.4 is 20.7 Å². The van der Waals surface area contributed by atoms with Crippen LogP contribution in [0.25, 0.3) is 63.5 Å². The van der Waals surface area contributed by atoms with E-state index in [9.17, 15) is 0 Å². The van der Waals surface area contributed by atoms with Crippen molar-refractivity contribution in [3.63, 3.8) is 0 Å². The summed E-state index contributed by atoms with van der Waals surface area (Å²) < 4.78 is 31.6. The van der Waals surface area contributed by atoms with Crippen LogP contribution in [0, 0.1) is 27.6 Å². The van der Waals surface area contributed by atoms with Crippen LogP contribution in [0.5, 0.6) is 0 Å². The number of rotatable bonds is 5. The summed E-state index contributed by atoms with van der Waals surface area (Å²) in [5.41, 5.74) is 12.2. The molecule has 0 aliphatic heterocycles. The van der Waals surface area contributed by atoms with Gasteiger partial charge in [-0.15, -0.1) is 0 Å². The summed E-state index contributed by atoms with van der Waals surface area (Å²) in [6, 6.07) is 52.5. The van der Waals surface area contributed by atoms with Crippen LogP contribution in [-0.2, 0) is 0 Å². The van der Waals surface area contributed by atoms with Gasteiger partial charge in [0.25, 0.3) is 0 Å². The molecule has 0 amide bonds. The highest BCUT2D eigenvalue weighted by atomic mass is 32.1. The van der Waals surface area contributed by atoms with E-state index in [2.05, 4.69) is 157 Å². The number of aromatic nitrogens is 4. The van der Waals surface area contributed by atoms with Crippen LogP contribution in [0.2, 0.25) is 0 Å². The Bertz CT molecular complexity index is 3390. The molecule has 0 radical (unpaired) electrons. The summed E-state index contributed by atoms with van der Waals surface area (Å²) in [7, 11) is -3.01. The lowest BCUT2D eigenvalue weighted by molar-refractivity contribution is 1.30. The van der Waals surface area contributed by atoms with Gasteiger partial charge in [-0.3, -0.25) is 8.80 Å². The molecule has 7 heteroatoms. The largest absolute Gasteiger partial charge is 0.283 e. The number of hydrogen-bond acceptors (Lipinski definition) is 4. The Morgan fingerprint density at radius 1 is 0.509 bits per heavy atom. The molecule has 4 heterocycles. The van der Waals surface area contributed by atoms with E-state index >= 15 is 0 Å². The highest BCUT2D eigenvalue weighted by Crippen LogP contribution is 2.39. The molecule has 0 saturated heterocycles. The minimum atomic E-state index is -3.01. The molecule has 0 unspecified atom stereocenters. The molecule has 0 aliphatic rings. The molecule has 264 valence electrons. The van der Waals surface area contributed by atoms with Crippen molar-refractivity contribution >= 4 is 104 Å². The fourth-order valence-corrected chi connectivity index (χ4v) is 16.1. The molecule has 0 saturated carbocycles. The molecule has 55 heavy (non-hydrogen) atoms. The SMILES string of the molecule is [2H]C([2H])([2H])c1cccc2c1nc1sc3ccc([Si](c4ccccc4)(c4ccccc4)c4cccc(-c5c(C)cc6sc7nc8c(C)cccc8n7c6c5C)c4)cc3n12. The average Bonchev–Trinajstić information content (AvgIpc) is 3.97. The number of aryl methyl sites for hydroxylation is 4. The lowest BCUT2D eigenvalue weighted by Gasteiger charge is -2.35. The number of thiazole rings is 2. The van der Waals surface area contributed by atoms with E-state index in [0.717, 1.165) is 36.7 Å². The molecule has 11 rings (SSSR count). The van der Waals surface area contributed by atoms with Gasteiger partial charge in [-0.1, -0.05) is 138 Å². The van der Waals surface area contributed by atoms with Gasteiger partial charge in [0.05, 0.1) is 42.5 Å². The fraction of sp³-hybridized carbons (Fsp3) is 0.0833. The quantitative estimate of drug-likeness (QED) is 0.129. The van der Waals surface area contributed by atoms with Crippen LogP contribution in [0.4, 0.5) is 0 Å². The number of para-hydroxylation sites is 2. The van der Waals surface area contributed by atoms with Crippen LogP contribution in [0.1, 0.15) is 26.4 Å². The third-order valence-corrected chi connectivity index (χ3v) is 18.2. The third-order valence-electron chi connectivity index (χ3n) is 11.5. The number of imidazole rings is 2. The number of hydrogen-bond donors (Lipinski definition) is 0. The van der Waals surface area contributed by atoms with E-state index in [1.807, 2.05) is 12.1 Å². The van der Waals surface area contributed by atoms with E-state index in [1.54, 1.807) is 28.7 Å². The number of benzene rings is 7. The Labute approximate surface area is 331 Å². The molecule has 0 spiro atoms. The second-order valence-corrected chi connectivity index (χ2v) is 20.4. The van der Waals surface area contributed by atoms with E-state index in [4.69, 9.17) is 14.1 Å². The fourth-order valence-electron chi connectivity index (χ4n) is 9.11. The standard InChI is InChI=1S/C48H36N4S2Si/c1-29-14-11-22-38-44(29)49-47-51(38)40-28-37(24-25-41(40)53-47)55(34-17-7-5-8-18-34,35-19-9-6-10-20-35)36-21-13-16-33(27-36)43-31(3)26-42-46(32(43)4)52-39-23-12-15-30(2)45(39)50-48(52)54-42/h5-28H,1-4H3/i1D3. The Morgan fingerprint density at radius 2 is 1.11 bits per heavy atom. The molecular weight excluding hydrogens is 725 g/mol. The van der Waals surface area contributed by atoms with Crippen molar-refractivity contribution in [2.24, 2.45) is 0 Å². The van der Waals surface area contributed by atoms with Gasteiger partial charge in [-0.25, -0.2) is 9.97 Å². The number of fused-ring (bicyclic) bond motifs is 10. The maximum atomic E-state index is 8.24. The van der Waals surface area contributed by atoms with Crippen molar-refractivity contribution in [3.8, 4) is 11.1 Å². The second kappa shape index (κ2) is 12.1. The summed E-state index contributed by atoms with van der Waals surface area (Å²) in [5, 5.41) is 5.10. The van der Waals surface area contributed by atoms with Gasteiger partial charge >= 0.3 is 0 Å². The first kappa shape index (κ1) is 29.5. The zero-order valence-electron chi connectivity index (χ0n) is 33.5. The lowest BCUT2D eigenvalue weighted by Crippen LogP contribution is -2.74. The molecule has 4 nitrogen and oxygen atoms in total. The smallest absolute Gasteiger partial charge is 0.195 e. The topological polar surface area (TPSA) is 34.6 Å². The van der Waals surface area contributed by atoms with Crippen LogP contribution >= 0.6 is 22.7 Å². The zero-order valence-corrected chi connectivity index (χ0v) is 33.1. The first-order valence-electron chi connectivity index (χ1n) is 20.0. The van der Waals surface area contributed by atoms with Gasteiger partial charge in [0.15, 0.2) is 18.0 Å². The molecule has 11 aromatic rings. The van der Waals surface area contributed by atoms with Gasteiger partial charge in [0.1, 0.15) is 0 Å². The average molecular weight is 764 g/mol. The maximum Gasteiger partial charge on any atom is 0.195 e. The van der Waals surface area contributed by atoms with Crippen LogP contribution in [-0.4, -0.2) is 26.8 Å². The Kier molecular flexibility index (Phi) is 6.47. The minimum absolute atomic E-state index is 0.280. The summed E-state index contributed by atoms with van der Waals surface area (Å²) in [6.45, 7) is 4.38. The first-order valence-corrected chi connectivity index (χ1v) is 22.1. The van der Waals surface area contributed by atoms with Gasteiger partial charge in [0, 0.05) is 4.11 Å². The van der Waals surface area contributed by atoms with E-state index in [0.29, 0.717) is 5.52 Å². The van der Waals surface area contributed by atoms with Gasteiger partial charge < -0.3 is 0 Å². The second-order valence-electron chi connectivity index (χ2n) is 14.6. The molecule has 0 bridgehead atoms. The predicted molar refractivity (Wildman–Crippen MR) is 238 cm³/mol. The number of nitrogens with zero attached hydrogens (tertiary/aromatic N) is 4. The molecule has 0 N–H and O–H groups in total.